The highest BCUT2D eigenvalue weighted by atomic mass is 16.5. The number of unbranched alkanes of at least 4 members (excludes halogenated alkanes) is 3. The lowest BCUT2D eigenvalue weighted by Crippen LogP contribution is -2.25. The number of nitrogens with zero attached hydrogens (tertiary/aromatic N) is 1. The second kappa shape index (κ2) is 39.4. The zero-order valence-corrected chi connectivity index (χ0v) is 75.2. The van der Waals surface area contributed by atoms with Crippen LogP contribution in [0.2, 0.25) is 0 Å². The van der Waals surface area contributed by atoms with Crippen LogP contribution in [0.4, 0.5) is 17.1 Å². The molecule has 4 heteroatoms. The van der Waals surface area contributed by atoms with Gasteiger partial charge in [-0.15, -0.1) is 0 Å². The number of rotatable bonds is 42. The van der Waals surface area contributed by atoms with Crippen LogP contribution in [0.25, 0.3) is 100 Å². The number of benzene rings is 12. The van der Waals surface area contributed by atoms with Crippen LogP contribution in [0, 0.1) is 17.8 Å². The molecule has 0 aromatic heterocycles. The molecule has 0 saturated carbocycles. The molecule has 3 unspecified atom stereocenters. The summed E-state index contributed by atoms with van der Waals surface area (Å²) in [5.74, 6) is 4.67. The number of fused-ring (bicyclic) bond motifs is 9. The van der Waals surface area contributed by atoms with Gasteiger partial charge >= 0.3 is 0 Å². The molecule has 0 aliphatic heterocycles. The molecule has 3 atom stereocenters. The molecule has 12 aromatic rings. The largest absolute Gasteiger partial charge is 0.493 e. The molecular weight excluding hydrogens is 1470 g/mol. The highest BCUT2D eigenvalue weighted by Crippen LogP contribution is 2.59. The third-order valence-electron chi connectivity index (χ3n) is 28.2. The predicted molar refractivity (Wildman–Crippen MR) is 518 cm³/mol. The van der Waals surface area contributed by atoms with E-state index in [1.54, 1.807) is 0 Å². The van der Waals surface area contributed by atoms with Crippen LogP contribution in [0.5, 0.6) is 17.2 Å². The van der Waals surface area contributed by atoms with Crippen LogP contribution in [0.3, 0.4) is 0 Å². The van der Waals surface area contributed by atoms with Crippen molar-refractivity contribution in [3.63, 3.8) is 0 Å². The summed E-state index contributed by atoms with van der Waals surface area (Å²) in [6, 6.07) is 99.1. The van der Waals surface area contributed by atoms with E-state index in [4.69, 9.17) is 14.2 Å². The monoisotopic (exact) mass is 1600 g/mol. The fourth-order valence-electron chi connectivity index (χ4n) is 21.5. The van der Waals surface area contributed by atoms with Gasteiger partial charge in [0, 0.05) is 33.3 Å². The van der Waals surface area contributed by atoms with E-state index < -0.39 is 0 Å². The van der Waals surface area contributed by atoms with Crippen LogP contribution >= 0.6 is 0 Å². The van der Waals surface area contributed by atoms with Gasteiger partial charge in [0.2, 0.25) is 0 Å². The van der Waals surface area contributed by atoms with Gasteiger partial charge in [-0.05, 0) is 318 Å². The maximum atomic E-state index is 6.41. The first-order valence-corrected chi connectivity index (χ1v) is 47.5. The zero-order valence-electron chi connectivity index (χ0n) is 75.2. The van der Waals surface area contributed by atoms with E-state index in [9.17, 15) is 0 Å². The standard InChI is InChI=1S/C117H135NO3/c1-13-25-28-82(22-10)79-119-100-55-37-88(38-56-100)94-46-64-106-103-61-43-91(73-109(103)115(67-16-4,68-17-5)112(106)76-94)85-31-49-97(50-32-85)118(98-51-33-86(34-52-98)92-44-62-104-107-65-47-95(77-113(107)116(69-18-6,70-19-7)110(104)74-92)89-39-57-101(58-40-89)120-80-83(23-11)29-26-14-2)99-53-35-87(36-54-99)93-45-63-105-108-66-48-96(78-114(108)117(71-20-8,72-21-9)111(105)75-93)90-41-59-102(60-42-90)121-81-84(24-12)30-27-15-3/h31-66,73-78,82-84H,13-30,67-72,79-81H2,1-12H3. The van der Waals surface area contributed by atoms with E-state index in [0.29, 0.717) is 17.8 Å². The molecule has 3 aliphatic rings. The molecule has 0 amide bonds. The Kier molecular flexibility index (Phi) is 27.9. The Morgan fingerprint density at radius 3 is 0.570 bits per heavy atom. The Hall–Kier alpha value is -10.2. The summed E-state index contributed by atoms with van der Waals surface area (Å²) in [5.41, 5.74) is 35.1. The number of hydrogen-bond donors (Lipinski definition) is 0. The molecule has 0 saturated heterocycles. The molecule has 0 radical (unpaired) electrons. The van der Waals surface area contributed by atoms with Crippen molar-refractivity contribution >= 4 is 17.1 Å². The van der Waals surface area contributed by atoms with Gasteiger partial charge < -0.3 is 19.1 Å². The molecule has 3 aliphatic carbocycles. The number of ether oxygens (including phenoxy) is 3. The van der Waals surface area contributed by atoms with Crippen molar-refractivity contribution in [2.75, 3.05) is 24.7 Å². The van der Waals surface area contributed by atoms with Gasteiger partial charge in [-0.3, -0.25) is 0 Å². The average molecular weight is 1600 g/mol. The van der Waals surface area contributed by atoms with Gasteiger partial charge in [-0.2, -0.15) is 0 Å². The molecule has 0 bridgehead atoms. The van der Waals surface area contributed by atoms with Crippen LogP contribution in [-0.4, -0.2) is 19.8 Å². The van der Waals surface area contributed by atoms with E-state index in [0.717, 1.165) is 150 Å². The lowest BCUT2D eigenvalue weighted by atomic mass is 9.71. The summed E-state index contributed by atoms with van der Waals surface area (Å²) in [7, 11) is 0. The summed E-state index contributed by atoms with van der Waals surface area (Å²) in [6.45, 7) is 30.3. The molecule has 4 nitrogen and oxygen atoms in total. The highest BCUT2D eigenvalue weighted by molar-refractivity contribution is 5.91. The van der Waals surface area contributed by atoms with Crippen LogP contribution in [-0.2, 0) is 16.2 Å². The Morgan fingerprint density at radius 1 is 0.215 bits per heavy atom. The van der Waals surface area contributed by atoms with Crippen molar-refractivity contribution in [3.05, 3.63) is 288 Å². The normalized spacial score (nSPS) is 14.3. The highest BCUT2D eigenvalue weighted by Gasteiger charge is 2.45. The van der Waals surface area contributed by atoms with Crippen molar-refractivity contribution < 1.29 is 14.2 Å². The van der Waals surface area contributed by atoms with Crippen LogP contribution < -0.4 is 19.1 Å². The number of anilines is 3. The summed E-state index contributed by atoms with van der Waals surface area (Å²) in [5, 5.41) is 0. The van der Waals surface area contributed by atoms with Gasteiger partial charge in [0.15, 0.2) is 0 Å². The van der Waals surface area contributed by atoms with Gasteiger partial charge in [-0.1, -0.05) is 325 Å². The summed E-state index contributed by atoms with van der Waals surface area (Å²) in [6.07, 6.45) is 27.8. The van der Waals surface area contributed by atoms with Crippen molar-refractivity contribution in [3.8, 4) is 117 Å². The van der Waals surface area contributed by atoms with Gasteiger partial charge in [-0.25, -0.2) is 0 Å². The Bertz CT molecular complexity index is 4860. The fourth-order valence-corrected chi connectivity index (χ4v) is 21.5. The third kappa shape index (κ3) is 17.7. The van der Waals surface area contributed by atoms with E-state index >= 15 is 0 Å². The third-order valence-corrected chi connectivity index (χ3v) is 28.2. The predicted octanol–water partition coefficient (Wildman–Crippen LogP) is 34.5. The molecule has 0 N–H and O–H groups in total. The maximum Gasteiger partial charge on any atom is 0.119 e. The first-order chi connectivity index (χ1) is 59.3. The first-order valence-electron chi connectivity index (χ1n) is 47.5. The van der Waals surface area contributed by atoms with E-state index in [-0.39, 0.29) is 16.2 Å². The minimum absolute atomic E-state index is 0.0931. The topological polar surface area (TPSA) is 30.9 Å². The average Bonchev–Trinajstić information content (AvgIpc) is 1.57. The van der Waals surface area contributed by atoms with E-state index in [2.05, 4.69) is 343 Å². The quantitative estimate of drug-likeness (QED) is 0.0382. The van der Waals surface area contributed by atoms with Crippen molar-refractivity contribution in [2.45, 2.75) is 253 Å². The molecule has 0 spiro atoms. The lowest BCUT2D eigenvalue weighted by molar-refractivity contribution is 0.233. The maximum absolute atomic E-state index is 6.41. The number of hydrogen-bond acceptors (Lipinski definition) is 4. The van der Waals surface area contributed by atoms with Gasteiger partial charge in [0.1, 0.15) is 17.2 Å². The Morgan fingerprint density at radius 2 is 0.397 bits per heavy atom. The smallest absolute Gasteiger partial charge is 0.119 e. The van der Waals surface area contributed by atoms with E-state index in [1.807, 2.05) is 0 Å². The van der Waals surface area contributed by atoms with Gasteiger partial charge in [0.25, 0.3) is 0 Å². The molecule has 626 valence electrons. The summed E-state index contributed by atoms with van der Waals surface area (Å²) < 4.78 is 19.2. The molecule has 0 heterocycles. The zero-order chi connectivity index (χ0) is 84.0. The summed E-state index contributed by atoms with van der Waals surface area (Å²) >= 11 is 0. The van der Waals surface area contributed by atoms with Crippen molar-refractivity contribution in [1.82, 2.24) is 0 Å². The Labute approximate surface area is 728 Å². The minimum atomic E-state index is -0.0931. The Balaban J connectivity index is 0.750. The van der Waals surface area contributed by atoms with Crippen molar-refractivity contribution in [1.29, 1.82) is 0 Å². The molecule has 12 aromatic carbocycles. The van der Waals surface area contributed by atoms with Crippen LogP contribution in [0.15, 0.2) is 255 Å². The second-order valence-corrected chi connectivity index (χ2v) is 36.0. The first kappa shape index (κ1) is 85.8. The molecule has 0 fully saturated rings. The van der Waals surface area contributed by atoms with Gasteiger partial charge in [0.05, 0.1) is 19.8 Å². The molecule has 15 rings (SSSR count). The van der Waals surface area contributed by atoms with Crippen LogP contribution in [0.1, 0.15) is 271 Å². The van der Waals surface area contributed by atoms with Crippen molar-refractivity contribution in [2.24, 2.45) is 17.8 Å². The minimum Gasteiger partial charge on any atom is -0.493 e. The SMILES string of the molecule is CCCCC(CC)COc1ccc(-c2ccc3c(c2)C(CCC)(CCC)c2cc(-c4ccc(N(c5ccc(-c6ccc7c(c6)C(CCC)(CCC)c6cc(-c8ccc(OCC(CC)CCCC)cc8)ccc6-7)cc5)c5ccc(-c6ccc7c(c6)C(CCC)(CCC)c6cc(-c8ccc(OCC(CC)CCCC)cc8)ccc6-7)cc5)cc4)ccc2-3)cc1. The second-order valence-electron chi connectivity index (χ2n) is 36.0. The van der Waals surface area contributed by atoms with E-state index in [1.165, 1.54) is 191 Å². The fraction of sp³-hybridized carbons (Fsp3) is 0.385. The molecular formula is C117H135NO3. The lowest BCUT2D eigenvalue weighted by Gasteiger charge is -2.32. The summed E-state index contributed by atoms with van der Waals surface area (Å²) in [4.78, 5) is 2.47. The molecule has 121 heavy (non-hydrogen) atoms.